The molecule has 1 N–H and O–H groups in total. The summed E-state index contributed by atoms with van der Waals surface area (Å²) in [6, 6.07) is 6.90. The summed E-state index contributed by atoms with van der Waals surface area (Å²) in [5, 5.41) is 9.25. The van der Waals surface area contributed by atoms with Crippen LogP contribution in [0.5, 0.6) is 5.75 Å². The fourth-order valence-corrected chi connectivity index (χ4v) is 2.83. The molecule has 5 heteroatoms. The largest absolute Gasteiger partial charge is 0.497 e. The highest BCUT2D eigenvalue weighted by atomic mass is 16.5. The molecule has 0 aromatic heterocycles. The van der Waals surface area contributed by atoms with E-state index in [0.29, 0.717) is 19.4 Å². The Labute approximate surface area is 124 Å². The number of likely N-dealkylation sites (tertiary alicyclic amines) is 1. The van der Waals surface area contributed by atoms with Gasteiger partial charge in [-0.25, -0.2) is 4.79 Å². The molecule has 114 valence electrons. The third kappa shape index (κ3) is 3.54. The number of hydrogen-bond acceptors (Lipinski definition) is 3. The highest BCUT2D eigenvalue weighted by Crippen LogP contribution is 2.25. The van der Waals surface area contributed by atoms with E-state index in [2.05, 4.69) is 0 Å². The van der Waals surface area contributed by atoms with E-state index in [0.717, 1.165) is 17.7 Å². The van der Waals surface area contributed by atoms with Gasteiger partial charge >= 0.3 is 5.97 Å². The van der Waals surface area contributed by atoms with Crippen LogP contribution in [0.3, 0.4) is 0 Å². The van der Waals surface area contributed by atoms with Crippen LogP contribution in [0.2, 0.25) is 0 Å². The quantitative estimate of drug-likeness (QED) is 0.900. The minimum Gasteiger partial charge on any atom is -0.497 e. The second-order valence-electron chi connectivity index (χ2n) is 5.49. The minimum absolute atomic E-state index is 0.0169. The minimum atomic E-state index is -0.908. The Morgan fingerprint density at radius 1 is 1.43 bits per heavy atom. The Kier molecular flexibility index (Phi) is 4.83. The predicted molar refractivity (Wildman–Crippen MR) is 78.2 cm³/mol. The second kappa shape index (κ2) is 6.61. The Morgan fingerprint density at radius 2 is 2.19 bits per heavy atom. The number of rotatable bonds is 5. The number of carbonyl (C=O) groups is 2. The van der Waals surface area contributed by atoms with E-state index in [1.807, 2.05) is 31.2 Å². The maximum Gasteiger partial charge on any atom is 0.326 e. The van der Waals surface area contributed by atoms with Crippen molar-refractivity contribution in [1.82, 2.24) is 4.90 Å². The number of carboxylic acids is 1. The first-order valence-corrected chi connectivity index (χ1v) is 7.18. The molecule has 1 aliphatic rings. The van der Waals surface area contributed by atoms with Crippen LogP contribution in [-0.4, -0.2) is 41.6 Å². The Bertz CT molecular complexity index is 529. The molecule has 1 heterocycles. The van der Waals surface area contributed by atoms with Crippen molar-refractivity contribution >= 4 is 11.9 Å². The van der Waals surface area contributed by atoms with E-state index in [4.69, 9.17) is 4.74 Å². The van der Waals surface area contributed by atoms with E-state index in [1.165, 1.54) is 4.90 Å². The Balaban J connectivity index is 1.96. The first-order valence-electron chi connectivity index (χ1n) is 7.18. The number of methoxy groups -OCH3 is 1. The van der Waals surface area contributed by atoms with Crippen molar-refractivity contribution in [3.63, 3.8) is 0 Å². The maximum absolute atomic E-state index is 12.3. The van der Waals surface area contributed by atoms with Crippen LogP contribution in [0, 0.1) is 5.92 Å². The van der Waals surface area contributed by atoms with Crippen LogP contribution >= 0.6 is 0 Å². The van der Waals surface area contributed by atoms with Crippen molar-refractivity contribution in [2.24, 2.45) is 5.92 Å². The number of carboxylic acid groups (broad SMARTS) is 1. The van der Waals surface area contributed by atoms with Gasteiger partial charge in [-0.15, -0.1) is 0 Å². The number of aryl methyl sites for hydroxylation is 1. The smallest absolute Gasteiger partial charge is 0.326 e. The summed E-state index contributed by atoms with van der Waals surface area (Å²) in [6.45, 7) is 2.42. The molecule has 1 amide bonds. The molecule has 0 radical (unpaired) electrons. The van der Waals surface area contributed by atoms with Gasteiger partial charge in [0.05, 0.1) is 7.11 Å². The van der Waals surface area contributed by atoms with Gasteiger partial charge in [-0.1, -0.05) is 19.1 Å². The van der Waals surface area contributed by atoms with E-state index in [1.54, 1.807) is 7.11 Å². The number of ether oxygens (including phenoxy) is 1. The molecule has 0 aliphatic carbocycles. The molecule has 1 fully saturated rings. The number of aliphatic carboxylic acids is 1. The first kappa shape index (κ1) is 15.4. The molecule has 1 aliphatic heterocycles. The fourth-order valence-electron chi connectivity index (χ4n) is 2.83. The summed E-state index contributed by atoms with van der Waals surface area (Å²) in [5.74, 6) is -0.217. The zero-order valence-corrected chi connectivity index (χ0v) is 12.4. The SMILES string of the molecule is COc1cccc(CCC(=O)N2CCC(C)C2C(=O)O)c1. The number of hydrogen-bond donors (Lipinski definition) is 1. The standard InChI is InChI=1S/C16H21NO4/c1-11-8-9-17(15(11)16(19)20)14(18)7-6-12-4-3-5-13(10-12)21-2/h3-5,10-11,15H,6-9H2,1-2H3,(H,19,20). The van der Waals surface area contributed by atoms with Gasteiger partial charge < -0.3 is 14.7 Å². The summed E-state index contributed by atoms with van der Waals surface area (Å²) in [7, 11) is 1.60. The average molecular weight is 291 g/mol. The lowest BCUT2D eigenvalue weighted by Crippen LogP contribution is -2.42. The van der Waals surface area contributed by atoms with Crippen molar-refractivity contribution in [3.05, 3.63) is 29.8 Å². The van der Waals surface area contributed by atoms with Crippen LogP contribution in [0.4, 0.5) is 0 Å². The lowest BCUT2D eigenvalue weighted by molar-refractivity contribution is -0.149. The Morgan fingerprint density at radius 3 is 2.86 bits per heavy atom. The molecule has 1 saturated heterocycles. The van der Waals surface area contributed by atoms with E-state index in [9.17, 15) is 14.7 Å². The lowest BCUT2D eigenvalue weighted by Gasteiger charge is -2.23. The number of benzene rings is 1. The number of amides is 1. The number of carbonyl (C=O) groups excluding carboxylic acids is 1. The van der Waals surface area contributed by atoms with Gasteiger partial charge in [0.15, 0.2) is 0 Å². The molecule has 5 nitrogen and oxygen atoms in total. The predicted octanol–water partition coefficient (Wildman–Crippen LogP) is 1.95. The van der Waals surface area contributed by atoms with Crippen molar-refractivity contribution in [2.45, 2.75) is 32.2 Å². The summed E-state index contributed by atoms with van der Waals surface area (Å²) in [4.78, 5) is 25.0. The Hall–Kier alpha value is -2.04. The zero-order valence-electron chi connectivity index (χ0n) is 12.4. The fraction of sp³-hybridized carbons (Fsp3) is 0.500. The van der Waals surface area contributed by atoms with Gasteiger partial charge in [-0.05, 0) is 36.5 Å². The average Bonchev–Trinajstić information content (AvgIpc) is 2.87. The zero-order chi connectivity index (χ0) is 15.4. The van der Waals surface area contributed by atoms with Gasteiger partial charge in [0, 0.05) is 13.0 Å². The molecule has 0 saturated carbocycles. The summed E-state index contributed by atoms with van der Waals surface area (Å²) < 4.78 is 5.15. The monoisotopic (exact) mass is 291 g/mol. The van der Waals surface area contributed by atoms with Gasteiger partial charge in [-0.3, -0.25) is 4.79 Å². The molecule has 2 atom stereocenters. The molecule has 2 unspecified atom stereocenters. The van der Waals surface area contributed by atoms with Crippen molar-refractivity contribution in [1.29, 1.82) is 0 Å². The van der Waals surface area contributed by atoms with E-state index in [-0.39, 0.29) is 11.8 Å². The first-order chi connectivity index (χ1) is 10.0. The molecule has 0 bridgehead atoms. The maximum atomic E-state index is 12.3. The van der Waals surface area contributed by atoms with Crippen LogP contribution in [0.25, 0.3) is 0 Å². The topological polar surface area (TPSA) is 66.8 Å². The van der Waals surface area contributed by atoms with Crippen molar-refractivity contribution in [2.75, 3.05) is 13.7 Å². The van der Waals surface area contributed by atoms with Crippen molar-refractivity contribution < 1.29 is 19.4 Å². The summed E-state index contributed by atoms with van der Waals surface area (Å²) >= 11 is 0. The van der Waals surface area contributed by atoms with Crippen LogP contribution in [0.1, 0.15) is 25.3 Å². The molecule has 1 aromatic rings. The van der Waals surface area contributed by atoms with Gasteiger partial charge in [-0.2, -0.15) is 0 Å². The van der Waals surface area contributed by atoms with E-state index < -0.39 is 12.0 Å². The van der Waals surface area contributed by atoms with Crippen LogP contribution in [0.15, 0.2) is 24.3 Å². The van der Waals surface area contributed by atoms with Crippen molar-refractivity contribution in [3.8, 4) is 5.75 Å². The van der Waals surface area contributed by atoms with E-state index >= 15 is 0 Å². The van der Waals surface area contributed by atoms with Gasteiger partial charge in [0.2, 0.25) is 5.91 Å². The van der Waals surface area contributed by atoms with Crippen LogP contribution < -0.4 is 4.74 Å². The molecule has 1 aromatic carbocycles. The molecule has 21 heavy (non-hydrogen) atoms. The molecule has 2 rings (SSSR count). The second-order valence-corrected chi connectivity index (χ2v) is 5.49. The molecular formula is C16H21NO4. The lowest BCUT2D eigenvalue weighted by atomic mass is 10.0. The third-order valence-electron chi connectivity index (χ3n) is 4.04. The summed E-state index contributed by atoms with van der Waals surface area (Å²) in [6.07, 6.45) is 1.67. The highest BCUT2D eigenvalue weighted by molar-refractivity contribution is 5.84. The highest BCUT2D eigenvalue weighted by Gasteiger charge is 2.38. The molecular weight excluding hydrogens is 270 g/mol. The third-order valence-corrected chi connectivity index (χ3v) is 4.04. The van der Waals surface area contributed by atoms with Gasteiger partial charge in [0.25, 0.3) is 0 Å². The summed E-state index contributed by atoms with van der Waals surface area (Å²) in [5.41, 5.74) is 1.02. The van der Waals surface area contributed by atoms with Gasteiger partial charge in [0.1, 0.15) is 11.8 Å². The number of nitrogens with zero attached hydrogens (tertiary/aromatic N) is 1. The normalized spacial score (nSPS) is 21.3. The molecule has 0 spiro atoms. The van der Waals surface area contributed by atoms with Crippen LogP contribution in [-0.2, 0) is 16.0 Å².